The van der Waals surface area contributed by atoms with Crippen LogP contribution >= 0.6 is 0 Å². The summed E-state index contributed by atoms with van der Waals surface area (Å²) < 4.78 is 0. The van der Waals surface area contributed by atoms with Crippen LogP contribution in [0.3, 0.4) is 0 Å². The van der Waals surface area contributed by atoms with E-state index in [-0.39, 0.29) is 0 Å². The van der Waals surface area contributed by atoms with Gasteiger partial charge in [0.2, 0.25) is 0 Å². The van der Waals surface area contributed by atoms with E-state index in [4.69, 9.17) is 0 Å². The largest absolute Gasteiger partial charge is 0.371 e. The van der Waals surface area contributed by atoms with Crippen LogP contribution in [0, 0.1) is 5.92 Å². The predicted molar refractivity (Wildman–Crippen MR) is 64.3 cm³/mol. The van der Waals surface area contributed by atoms with Gasteiger partial charge in [-0.1, -0.05) is 31.0 Å². The van der Waals surface area contributed by atoms with Gasteiger partial charge in [0.15, 0.2) is 0 Å². The number of fused-ring (bicyclic) bond motifs is 1. The number of benzene rings is 1. The van der Waals surface area contributed by atoms with Gasteiger partial charge in [-0.25, -0.2) is 0 Å². The molecule has 80 valence electrons. The highest BCUT2D eigenvalue weighted by Gasteiger charge is 2.23. The van der Waals surface area contributed by atoms with E-state index in [1.807, 2.05) is 0 Å². The summed E-state index contributed by atoms with van der Waals surface area (Å²) >= 11 is 0. The van der Waals surface area contributed by atoms with Gasteiger partial charge in [-0.15, -0.1) is 0 Å². The number of nitrogens with zero attached hydrogens (tertiary/aromatic N) is 1. The molecule has 1 aromatic carbocycles. The Hall–Kier alpha value is -0.980. The molecule has 0 atom stereocenters. The van der Waals surface area contributed by atoms with E-state index in [0.29, 0.717) is 0 Å². The molecule has 1 nitrogen and oxygen atoms in total. The fourth-order valence-electron chi connectivity index (χ4n) is 3.10. The number of hydrogen-bond donors (Lipinski definition) is 0. The Kier molecular flexibility index (Phi) is 2.40. The first-order valence-corrected chi connectivity index (χ1v) is 6.26. The van der Waals surface area contributed by atoms with Gasteiger partial charge in [0.1, 0.15) is 0 Å². The van der Waals surface area contributed by atoms with Crippen molar-refractivity contribution in [3.05, 3.63) is 29.8 Å². The van der Waals surface area contributed by atoms with Crippen LogP contribution in [-0.4, -0.2) is 13.1 Å². The molecule has 1 saturated carbocycles. The van der Waals surface area contributed by atoms with Crippen molar-refractivity contribution in [1.29, 1.82) is 0 Å². The molecule has 0 saturated heterocycles. The molecule has 3 rings (SSSR count). The molecule has 0 radical (unpaired) electrons. The minimum absolute atomic E-state index is 0.969. The molecule has 0 unspecified atom stereocenters. The molecule has 1 aliphatic heterocycles. The zero-order chi connectivity index (χ0) is 10.1. The zero-order valence-electron chi connectivity index (χ0n) is 9.28. The van der Waals surface area contributed by atoms with Crippen LogP contribution in [0.15, 0.2) is 24.3 Å². The molecule has 1 aromatic rings. The van der Waals surface area contributed by atoms with Crippen molar-refractivity contribution in [1.82, 2.24) is 0 Å². The summed E-state index contributed by atoms with van der Waals surface area (Å²) in [5, 5.41) is 0. The number of rotatable bonds is 2. The van der Waals surface area contributed by atoms with Crippen LogP contribution in [0.25, 0.3) is 0 Å². The first-order valence-electron chi connectivity index (χ1n) is 6.26. The maximum atomic E-state index is 2.60. The van der Waals surface area contributed by atoms with Crippen molar-refractivity contribution < 1.29 is 0 Å². The monoisotopic (exact) mass is 201 g/mol. The van der Waals surface area contributed by atoms with Crippen molar-refractivity contribution in [2.24, 2.45) is 5.92 Å². The Morgan fingerprint density at radius 2 is 1.93 bits per heavy atom. The van der Waals surface area contributed by atoms with Crippen molar-refractivity contribution in [2.45, 2.75) is 32.1 Å². The molecule has 1 heteroatoms. The van der Waals surface area contributed by atoms with Crippen LogP contribution in [0.2, 0.25) is 0 Å². The molecular weight excluding hydrogens is 182 g/mol. The lowest BCUT2D eigenvalue weighted by atomic mass is 10.1. The second-order valence-electron chi connectivity index (χ2n) is 4.98. The Balaban J connectivity index is 1.73. The molecule has 0 N–H and O–H groups in total. The summed E-state index contributed by atoms with van der Waals surface area (Å²) in [5.74, 6) is 0.969. The Morgan fingerprint density at radius 1 is 1.13 bits per heavy atom. The summed E-state index contributed by atoms with van der Waals surface area (Å²) in [6.07, 6.45) is 7.08. The van der Waals surface area contributed by atoms with Crippen molar-refractivity contribution in [3.63, 3.8) is 0 Å². The lowest BCUT2D eigenvalue weighted by Crippen LogP contribution is -2.26. The third-order valence-corrected chi connectivity index (χ3v) is 3.94. The highest BCUT2D eigenvalue weighted by molar-refractivity contribution is 5.57. The number of anilines is 1. The van der Waals surface area contributed by atoms with Crippen LogP contribution in [0.5, 0.6) is 0 Å². The molecular formula is C14H19N. The third-order valence-electron chi connectivity index (χ3n) is 3.94. The van der Waals surface area contributed by atoms with Gasteiger partial charge in [0, 0.05) is 18.8 Å². The van der Waals surface area contributed by atoms with E-state index in [9.17, 15) is 0 Å². The maximum Gasteiger partial charge on any atom is 0.0399 e. The van der Waals surface area contributed by atoms with Crippen molar-refractivity contribution in [2.75, 3.05) is 18.0 Å². The van der Waals surface area contributed by atoms with E-state index in [2.05, 4.69) is 29.2 Å². The highest BCUT2D eigenvalue weighted by Crippen LogP contribution is 2.32. The molecule has 0 amide bonds. The number of para-hydroxylation sites is 1. The second kappa shape index (κ2) is 3.88. The van der Waals surface area contributed by atoms with Crippen LogP contribution in [0.4, 0.5) is 5.69 Å². The van der Waals surface area contributed by atoms with E-state index in [0.717, 1.165) is 5.92 Å². The van der Waals surface area contributed by atoms with Gasteiger partial charge in [0.25, 0.3) is 0 Å². The van der Waals surface area contributed by atoms with Gasteiger partial charge >= 0.3 is 0 Å². The summed E-state index contributed by atoms with van der Waals surface area (Å²) in [6, 6.07) is 8.91. The fourth-order valence-corrected chi connectivity index (χ4v) is 3.10. The standard InChI is InChI=1S/C14H19N/c1-2-6-12(5-1)11-15-10-9-13-7-3-4-8-14(13)15/h3-4,7-8,12H,1-2,5-6,9-11H2. The van der Waals surface area contributed by atoms with Gasteiger partial charge in [-0.05, 0) is 36.8 Å². The predicted octanol–water partition coefficient (Wildman–Crippen LogP) is 3.24. The molecule has 1 heterocycles. The first kappa shape index (κ1) is 9.26. The molecule has 2 aliphatic rings. The summed E-state index contributed by atoms with van der Waals surface area (Å²) in [4.78, 5) is 2.60. The van der Waals surface area contributed by atoms with Crippen molar-refractivity contribution in [3.8, 4) is 0 Å². The quantitative estimate of drug-likeness (QED) is 0.710. The van der Waals surface area contributed by atoms with Gasteiger partial charge < -0.3 is 4.90 Å². The second-order valence-corrected chi connectivity index (χ2v) is 4.98. The summed E-state index contributed by atoms with van der Waals surface area (Å²) in [5.41, 5.74) is 3.06. The molecule has 0 aromatic heterocycles. The molecule has 1 fully saturated rings. The topological polar surface area (TPSA) is 3.24 Å². The minimum atomic E-state index is 0.969. The smallest absolute Gasteiger partial charge is 0.0399 e. The normalized spacial score (nSPS) is 20.9. The fraction of sp³-hybridized carbons (Fsp3) is 0.571. The highest BCUT2D eigenvalue weighted by atomic mass is 15.1. The van der Waals surface area contributed by atoms with Gasteiger partial charge in [-0.3, -0.25) is 0 Å². The Labute approximate surface area is 92.1 Å². The SMILES string of the molecule is c1ccc2c(c1)CCN2CC1CCCC1. The van der Waals surface area contributed by atoms with Crippen LogP contribution in [0.1, 0.15) is 31.2 Å². The minimum Gasteiger partial charge on any atom is -0.371 e. The van der Waals surface area contributed by atoms with Crippen LogP contribution < -0.4 is 4.90 Å². The molecule has 0 spiro atoms. The third kappa shape index (κ3) is 1.75. The van der Waals surface area contributed by atoms with E-state index < -0.39 is 0 Å². The van der Waals surface area contributed by atoms with E-state index in [1.54, 1.807) is 5.56 Å². The average Bonchev–Trinajstić information content (AvgIpc) is 2.89. The molecule has 15 heavy (non-hydrogen) atoms. The summed E-state index contributed by atoms with van der Waals surface area (Å²) in [6.45, 7) is 2.55. The molecule has 0 bridgehead atoms. The zero-order valence-corrected chi connectivity index (χ0v) is 9.28. The van der Waals surface area contributed by atoms with Gasteiger partial charge in [-0.2, -0.15) is 0 Å². The lowest BCUT2D eigenvalue weighted by Gasteiger charge is -2.23. The summed E-state index contributed by atoms with van der Waals surface area (Å²) in [7, 11) is 0. The lowest BCUT2D eigenvalue weighted by molar-refractivity contribution is 0.538. The average molecular weight is 201 g/mol. The van der Waals surface area contributed by atoms with Gasteiger partial charge in [0.05, 0.1) is 0 Å². The Morgan fingerprint density at radius 3 is 2.80 bits per heavy atom. The maximum absolute atomic E-state index is 2.60. The van der Waals surface area contributed by atoms with E-state index >= 15 is 0 Å². The molecule has 1 aliphatic carbocycles. The first-order chi connectivity index (χ1) is 7.43. The van der Waals surface area contributed by atoms with Crippen molar-refractivity contribution >= 4 is 5.69 Å². The number of hydrogen-bond acceptors (Lipinski definition) is 1. The Bertz CT molecular complexity index is 339. The van der Waals surface area contributed by atoms with E-state index in [1.165, 1.54) is 50.9 Å². The van der Waals surface area contributed by atoms with Crippen LogP contribution in [-0.2, 0) is 6.42 Å².